The second kappa shape index (κ2) is 11.6. The Kier molecular flexibility index (Phi) is 8.80. The van der Waals surface area contributed by atoms with E-state index in [1.165, 1.54) is 13.2 Å². The molecular formula is C25H25BrN2O7S. The van der Waals surface area contributed by atoms with E-state index in [1.54, 1.807) is 57.2 Å². The van der Waals surface area contributed by atoms with Gasteiger partial charge in [0.2, 0.25) is 0 Å². The number of nitrogens with one attached hydrogen (secondary N) is 1. The van der Waals surface area contributed by atoms with Gasteiger partial charge in [-0.15, -0.1) is 0 Å². The first-order chi connectivity index (χ1) is 17.0. The number of nitrogens with zero attached hydrogens (tertiary/aromatic N) is 1. The quantitative estimate of drug-likeness (QED) is 0.350. The van der Waals surface area contributed by atoms with Crippen LogP contribution in [0.2, 0.25) is 0 Å². The van der Waals surface area contributed by atoms with Gasteiger partial charge in [-0.1, -0.05) is 18.2 Å². The number of benzene rings is 2. The molecule has 3 rings (SSSR count). The van der Waals surface area contributed by atoms with Crippen molar-refractivity contribution < 1.29 is 33.4 Å². The smallest absolute Gasteiger partial charge is 0.326 e. The van der Waals surface area contributed by atoms with Gasteiger partial charge in [0.05, 0.1) is 16.5 Å². The van der Waals surface area contributed by atoms with Crippen molar-refractivity contribution in [3.05, 3.63) is 57.4 Å². The number of imide groups is 1. The van der Waals surface area contributed by atoms with Crippen LogP contribution in [-0.2, 0) is 19.1 Å². The summed E-state index contributed by atoms with van der Waals surface area (Å²) in [6, 6.07) is 12.3. The van der Waals surface area contributed by atoms with Crippen LogP contribution in [-0.4, -0.2) is 53.8 Å². The number of carbonyl (C=O) groups is 4. The molecule has 2 aromatic carbocycles. The van der Waals surface area contributed by atoms with E-state index in [9.17, 15) is 19.2 Å². The SMILES string of the molecule is COc1cc(C=C2SC(=O)N(CC(=O)OC(C)(C)C)C2=O)cc(Br)c1OCC(=O)Nc1ccccc1. The summed E-state index contributed by atoms with van der Waals surface area (Å²) in [6.45, 7) is 4.38. The fourth-order valence-electron chi connectivity index (χ4n) is 3.11. The van der Waals surface area contributed by atoms with Crippen molar-refractivity contribution in [1.29, 1.82) is 0 Å². The van der Waals surface area contributed by atoms with Crippen molar-refractivity contribution in [3.63, 3.8) is 0 Å². The molecule has 1 N–H and O–H groups in total. The van der Waals surface area contributed by atoms with E-state index in [1.807, 2.05) is 6.07 Å². The Bertz CT molecular complexity index is 1210. The topological polar surface area (TPSA) is 111 Å². The Morgan fingerprint density at radius 2 is 1.83 bits per heavy atom. The Morgan fingerprint density at radius 3 is 2.47 bits per heavy atom. The van der Waals surface area contributed by atoms with Gasteiger partial charge in [0.1, 0.15) is 12.1 Å². The number of para-hydroxylation sites is 1. The third-order valence-corrected chi connectivity index (χ3v) is 6.03. The van der Waals surface area contributed by atoms with E-state index in [0.29, 0.717) is 27.2 Å². The molecule has 0 bridgehead atoms. The highest BCUT2D eigenvalue weighted by molar-refractivity contribution is 9.10. The number of hydrogen-bond donors (Lipinski definition) is 1. The summed E-state index contributed by atoms with van der Waals surface area (Å²) in [5, 5.41) is 2.17. The van der Waals surface area contributed by atoms with Crippen molar-refractivity contribution in [2.45, 2.75) is 26.4 Å². The standard InChI is InChI=1S/C25H25BrN2O7S/c1-25(2,3)35-21(30)13-28-23(31)19(36-24(28)32)12-15-10-17(26)22(18(11-15)33-4)34-14-20(29)27-16-8-6-5-7-9-16/h5-12H,13-14H2,1-4H3,(H,27,29). The van der Waals surface area contributed by atoms with Gasteiger partial charge in [0, 0.05) is 5.69 Å². The van der Waals surface area contributed by atoms with Gasteiger partial charge in [-0.2, -0.15) is 0 Å². The maximum atomic E-state index is 12.8. The molecule has 0 saturated carbocycles. The average Bonchev–Trinajstić information content (AvgIpc) is 3.04. The Labute approximate surface area is 221 Å². The molecule has 11 heteroatoms. The summed E-state index contributed by atoms with van der Waals surface area (Å²) in [5.74, 6) is -0.998. The lowest BCUT2D eigenvalue weighted by molar-refractivity contribution is -0.156. The van der Waals surface area contributed by atoms with Gasteiger partial charge >= 0.3 is 5.97 Å². The monoisotopic (exact) mass is 576 g/mol. The number of methoxy groups -OCH3 is 1. The van der Waals surface area contributed by atoms with E-state index in [2.05, 4.69) is 21.2 Å². The molecule has 3 amide bonds. The summed E-state index contributed by atoms with van der Waals surface area (Å²) < 4.78 is 16.8. The molecule has 0 unspecified atom stereocenters. The maximum absolute atomic E-state index is 12.8. The molecule has 0 spiro atoms. The summed E-state index contributed by atoms with van der Waals surface area (Å²) in [6.07, 6.45) is 1.51. The third-order valence-electron chi connectivity index (χ3n) is 4.54. The van der Waals surface area contributed by atoms with Crippen LogP contribution in [0.5, 0.6) is 11.5 Å². The molecule has 190 valence electrons. The van der Waals surface area contributed by atoms with Gasteiger partial charge in [0.25, 0.3) is 17.1 Å². The van der Waals surface area contributed by atoms with Crippen LogP contribution in [0.1, 0.15) is 26.3 Å². The van der Waals surface area contributed by atoms with E-state index < -0.39 is 29.3 Å². The normalized spacial score (nSPS) is 14.7. The van der Waals surface area contributed by atoms with Gasteiger partial charge in [0.15, 0.2) is 18.1 Å². The van der Waals surface area contributed by atoms with Crippen LogP contribution in [0.15, 0.2) is 51.8 Å². The zero-order valence-electron chi connectivity index (χ0n) is 20.1. The largest absolute Gasteiger partial charge is 0.493 e. The van der Waals surface area contributed by atoms with Crippen molar-refractivity contribution >= 4 is 62.5 Å². The average molecular weight is 577 g/mol. The van der Waals surface area contributed by atoms with Crippen molar-refractivity contribution in [1.82, 2.24) is 4.90 Å². The van der Waals surface area contributed by atoms with Crippen LogP contribution in [0.3, 0.4) is 0 Å². The summed E-state index contributed by atoms with van der Waals surface area (Å²) in [4.78, 5) is 50.4. The first-order valence-corrected chi connectivity index (χ1v) is 12.4. The molecule has 1 fully saturated rings. The van der Waals surface area contributed by atoms with Crippen LogP contribution in [0.25, 0.3) is 6.08 Å². The first kappa shape index (κ1) is 27.3. The fraction of sp³-hybridized carbons (Fsp3) is 0.280. The molecule has 0 atom stereocenters. The molecule has 0 aromatic heterocycles. The second-order valence-corrected chi connectivity index (χ2v) is 10.4. The van der Waals surface area contributed by atoms with Crippen molar-refractivity contribution in [3.8, 4) is 11.5 Å². The lowest BCUT2D eigenvalue weighted by Gasteiger charge is -2.21. The molecule has 9 nitrogen and oxygen atoms in total. The zero-order valence-corrected chi connectivity index (χ0v) is 22.5. The minimum absolute atomic E-state index is 0.147. The van der Waals surface area contributed by atoms with Crippen LogP contribution in [0.4, 0.5) is 10.5 Å². The van der Waals surface area contributed by atoms with Crippen molar-refractivity contribution in [2.24, 2.45) is 0 Å². The first-order valence-electron chi connectivity index (χ1n) is 10.8. The number of thioether (sulfide) groups is 1. The molecule has 1 aliphatic rings. The summed E-state index contributed by atoms with van der Waals surface area (Å²) >= 11 is 4.13. The van der Waals surface area contributed by atoms with Gasteiger partial charge in [-0.3, -0.25) is 24.1 Å². The van der Waals surface area contributed by atoms with Crippen LogP contribution >= 0.6 is 27.7 Å². The predicted molar refractivity (Wildman–Crippen MR) is 140 cm³/mol. The lowest BCUT2D eigenvalue weighted by Crippen LogP contribution is -2.37. The van der Waals surface area contributed by atoms with Gasteiger partial charge < -0.3 is 19.5 Å². The molecule has 0 radical (unpaired) electrons. The van der Waals surface area contributed by atoms with E-state index in [4.69, 9.17) is 14.2 Å². The fourth-order valence-corrected chi connectivity index (χ4v) is 4.52. The minimum atomic E-state index is -0.733. The van der Waals surface area contributed by atoms with Crippen LogP contribution in [0, 0.1) is 0 Å². The number of esters is 1. The number of carbonyl (C=O) groups excluding carboxylic acids is 4. The van der Waals surface area contributed by atoms with Gasteiger partial charge in [-0.25, -0.2) is 0 Å². The number of amides is 3. The molecule has 36 heavy (non-hydrogen) atoms. The van der Waals surface area contributed by atoms with E-state index in [0.717, 1.165) is 16.7 Å². The number of hydrogen-bond acceptors (Lipinski definition) is 8. The number of rotatable bonds is 8. The Morgan fingerprint density at radius 1 is 1.14 bits per heavy atom. The summed E-state index contributed by atoms with van der Waals surface area (Å²) in [5.41, 5.74) is 0.458. The lowest BCUT2D eigenvalue weighted by atomic mass is 10.2. The molecule has 1 heterocycles. The number of ether oxygens (including phenoxy) is 3. The molecule has 1 aliphatic heterocycles. The number of halogens is 1. The highest BCUT2D eigenvalue weighted by Crippen LogP contribution is 2.39. The second-order valence-electron chi connectivity index (χ2n) is 8.59. The van der Waals surface area contributed by atoms with E-state index >= 15 is 0 Å². The minimum Gasteiger partial charge on any atom is -0.493 e. The highest BCUT2D eigenvalue weighted by atomic mass is 79.9. The molecule has 1 saturated heterocycles. The number of anilines is 1. The van der Waals surface area contributed by atoms with E-state index in [-0.39, 0.29) is 17.4 Å². The third kappa shape index (κ3) is 7.34. The highest BCUT2D eigenvalue weighted by Gasteiger charge is 2.37. The van der Waals surface area contributed by atoms with Crippen LogP contribution < -0.4 is 14.8 Å². The van der Waals surface area contributed by atoms with Crippen molar-refractivity contribution in [2.75, 3.05) is 25.6 Å². The maximum Gasteiger partial charge on any atom is 0.326 e. The van der Waals surface area contributed by atoms with Gasteiger partial charge in [-0.05, 0) is 84.4 Å². The molecular weight excluding hydrogens is 552 g/mol. The predicted octanol–water partition coefficient (Wildman–Crippen LogP) is 4.85. The molecule has 2 aromatic rings. The molecule has 0 aliphatic carbocycles. The summed E-state index contributed by atoms with van der Waals surface area (Å²) in [7, 11) is 1.44. The Balaban J connectivity index is 1.71. The Hall–Kier alpha value is -3.31. The zero-order chi connectivity index (χ0) is 26.5.